The summed E-state index contributed by atoms with van der Waals surface area (Å²) >= 11 is 1.48. The van der Waals surface area contributed by atoms with Crippen molar-refractivity contribution < 1.29 is 17.6 Å². The molecule has 0 aliphatic carbocycles. The van der Waals surface area contributed by atoms with E-state index in [1.165, 1.54) is 37.0 Å². The van der Waals surface area contributed by atoms with Gasteiger partial charge < -0.3 is 5.32 Å². The number of thioether (sulfide) groups is 1. The molecule has 3 rings (SSSR count). The second-order valence-electron chi connectivity index (χ2n) is 6.27. The van der Waals surface area contributed by atoms with Gasteiger partial charge >= 0.3 is 0 Å². The maximum Gasteiger partial charge on any atom is 0.240 e. The Morgan fingerprint density at radius 1 is 1.22 bits per heavy atom. The number of fused-ring (bicyclic) bond motifs is 1. The number of sulfonamides is 1. The molecular weight excluding hydrogens is 387 g/mol. The van der Waals surface area contributed by atoms with Crippen LogP contribution in [0, 0.1) is 5.82 Å². The van der Waals surface area contributed by atoms with Gasteiger partial charge in [-0.3, -0.25) is 4.79 Å². The zero-order valence-corrected chi connectivity index (χ0v) is 16.5. The molecule has 1 aliphatic heterocycles. The fourth-order valence-electron chi connectivity index (χ4n) is 3.01. The van der Waals surface area contributed by atoms with Crippen molar-refractivity contribution in [1.29, 1.82) is 0 Å². The number of aryl methyl sites for hydroxylation is 1. The first kappa shape index (κ1) is 19.9. The molecule has 1 atom stereocenters. The lowest BCUT2D eigenvalue weighted by atomic mass is 10.0. The standard InChI is InChI=1S/C19H21FN2O3S2/c1-21-27(24,25)14-8-5-13(6-9-14)7-10-18(23)22-17-11-12-26-19-15(17)3-2-4-16(19)20/h2-6,8-9,17,21H,7,10-12H2,1H3,(H,22,23). The summed E-state index contributed by atoms with van der Waals surface area (Å²) in [6.45, 7) is 0. The summed E-state index contributed by atoms with van der Waals surface area (Å²) in [5.41, 5.74) is 1.71. The number of carbonyl (C=O) groups is 1. The van der Waals surface area contributed by atoms with Crippen molar-refractivity contribution in [1.82, 2.24) is 10.0 Å². The van der Waals surface area contributed by atoms with E-state index < -0.39 is 10.0 Å². The number of amides is 1. The van der Waals surface area contributed by atoms with E-state index in [9.17, 15) is 17.6 Å². The molecule has 0 aromatic heterocycles. The highest BCUT2D eigenvalue weighted by Gasteiger charge is 2.24. The van der Waals surface area contributed by atoms with Crippen LogP contribution in [-0.4, -0.2) is 27.1 Å². The first-order valence-corrected chi connectivity index (χ1v) is 11.1. The molecule has 5 nitrogen and oxygen atoms in total. The second kappa shape index (κ2) is 8.41. The van der Waals surface area contributed by atoms with Crippen LogP contribution >= 0.6 is 11.8 Å². The Morgan fingerprint density at radius 2 is 1.96 bits per heavy atom. The SMILES string of the molecule is CNS(=O)(=O)c1ccc(CCC(=O)NC2CCSc3c(F)cccc32)cc1. The van der Waals surface area contributed by atoms with Gasteiger partial charge in [-0.05, 0) is 49.2 Å². The monoisotopic (exact) mass is 408 g/mol. The first-order valence-electron chi connectivity index (χ1n) is 8.64. The van der Waals surface area contributed by atoms with Crippen LogP contribution in [0.3, 0.4) is 0 Å². The van der Waals surface area contributed by atoms with E-state index in [-0.39, 0.29) is 29.1 Å². The van der Waals surface area contributed by atoms with E-state index in [2.05, 4.69) is 10.0 Å². The van der Waals surface area contributed by atoms with Crippen molar-refractivity contribution in [3.63, 3.8) is 0 Å². The van der Waals surface area contributed by atoms with Gasteiger partial charge in [-0.2, -0.15) is 0 Å². The minimum Gasteiger partial charge on any atom is -0.349 e. The van der Waals surface area contributed by atoms with Gasteiger partial charge in [-0.25, -0.2) is 17.5 Å². The molecule has 2 aromatic carbocycles. The van der Waals surface area contributed by atoms with Crippen LogP contribution in [0.25, 0.3) is 0 Å². The van der Waals surface area contributed by atoms with Gasteiger partial charge in [-0.15, -0.1) is 11.8 Å². The first-order chi connectivity index (χ1) is 12.9. The predicted octanol–water partition coefficient (Wildman–Crippen LogP) is 3.02. The van der Waals surface area contributed by atoms with E-state index in [1.54, 1.807) is 18.2 Å². The number of halogens is 1. The van der Waals surface area contributed by atoms with Gasteiger partial charge in [0.05, 0.1) is 10.9 Å². The van der Waals surface area contributed by atoms with Crippen LogP contribution in [-0.2, 0) is 21.2 Å². The van der Waals surface area contributed by atoms with Crippen LogP contribution in [0.5, 0.6) is 0 Å². The largest absolute Gasteiger partial charge is 0.349 e. The van der Waals surface area contributed by atoms with E-state index in [0.29, 0.717) is 11.3 Å². The maximum atomic E-state index is 13.9. The maximum absolute atomic E-state index is 13.9. The zero-order chi connectivity index (χ0) is 19.4. The van der Waals surface area contributed by atoms with Gasteiger partial charge in [0.2, 0.25) is 15.9 Å². The Kier molecular flexibility index (Phi) is 6.18. The van der Waals surface area contributed by atoms with Crippen LogP contribution in [0.2, 0.25) is 0 Å². The molecule has 1 heterocycles. The van der Waals surface area contributed by atoms with E-state index in [4.69, 9.17) is 0 Å². The quantitative estimate of drug-likeness (QED) is 0.771. The molecule has 1 amide bonds. The van der Waals surface area contributed by atoms with Crippen LogP contribution in [0.1, 0.15) is 30.0 Å². The van der Waals surface area contributed by atoms with Crippen molar-refractivity contribution in [3.05, 3.63) is 59.4 Å². The normalized spacial score (nSPS) is 16.6. The minimum absolute atomic E-state index is 0.103. The zero-order valence-electron chi connectivity index (χ0n) is 14.9. The van der Waals surface area contributed by atoms with Gasteiger partial charge in [0.1, 0.15) is 5.82 Å². The Morgan fingerprint density at radius 3 is 2.67 bits per heavy atom. The molecule has 1 unspecified atom stereocenters. The third kappa shape index (κ3) is 4.69. The molecule has 0 saturated carbocycles. The van der Waals surface area contributed by atoms with Crippen LogP contribution in [0.4, 0.5) is 4.39 Å². The fraction of sp³-hybridized carbons (Fsp3) is 0.316. The van der Waals surface area contributed by atoms with E-state index >= 15 is 0 Å². The molecule has 2 N–H and O–H groups in total. The third-order valence-corrected chi connectivity index (χ3v) is 7.09. The molecule has 0 radical (unpaired) electrons. The summed E-state index contributed by atoms with van der Waals surface area (Å²) in [4.78, 5) is 13.1. The number of rotatable bonds is 6. The number of hydrogen-bond acceptors (Lipinski definition) is 4. The summed E-state index contributed by atoms with van der Waals surface area (Å²) in [5.74, 6) is 0.419. The highest BCUT2D eigenvalue weighted by atomic mass is 32.2. The van der Waals surface area contributed by atoms with Gasteiger partial charge in [0, 0.05) is 17.1 Å². The average Bonchev–Trinajstić information content (AvgIpc) is 2.67. The Labute approximate surface area is 162 Å². The summed E-state index contributed by atoms with van der Waals surface area (Å²) in [6, 6.07) is 11.3. The Hall–Kier alpha value is -1.90. The number of nitrogens with one attached hydrogen (secondary N) is 2. The summed E-state index contributed by atoms with van der Waals surface area (Å²) in [7, 11) is -2.10. The smallest absolute Gasteiger partial charge is 0.240 e. The highest BCUT2D eigenvalue weighted by molar-refractivity contribution is 7.99. The highest BCUT2D eigenvalue weighted by Crippen LogP contribution is 2.37. The van der Waals surface area contributed by atoms with E-state index in [1.807, 2.05) is 6.07 Å². The minimum atomic E-state index is -3.46. The predicted molar refractivity (Wildman–Crippen MR) is 104 cm³/mol. The molecule has 8 heteroatoms. The topological polar surface area (TPSA) is 75.3 Å². The van der Waals surface area contributed by atoms with Crippen LogP contribution in [0.15, 0.2) is 52.3 Å². The van der Waals surface area contributed by atoms with Crippen molar-refractivity contribution in [3.8, 4) is 0 Å². The van der Waals surface area contributed by atoms with E-state index in [0.717, 1.165) is 23.3 Å². The second-order valence-corrected chi connectivity index (χ2v) is 9.26. The number of benzene rings is 2. The molecule has 144 valence electrons. The summed E-state index contributed by atoms with van der Waals surface area (Å²) < 4.78 is 39.6. The third-order valence-electron chi connectivity index (χ3n) is 4.50. The molecule has 0 bridgehead atoms. The molecule has 2 aromatic rings. The summed E-state index contributed by atoms with van der Waals surface area (Å²) in [5, 5.41) is 2.99. The summed E-state index contributed by atoms with van der Waals surface area (Å²) in [6.07, 6.45) is 1.55. The van der Waals surface area contributed by atoms with Gasteiger partial charge in [0.25, 0.3) is 0 Å². The van der Waals surface area contributed by atoms with Gasteiger partial charge in [-0.1, -0.05) is 24.3 Å². The molecular formula is C19H21FN2O3S2. The van der Waals surface area contributed by atoms with Gasteiger partial charge in [0.15, 0.2) is 0 Å². The molecule has 0 saturated heterocycles. The average molecular weight is 409 g/mol. The molecule has 0 spiro atoms. The molecule has 0 fully saturated rings. The van der Waals surface area contributed by atoms with Crippen molar-refractivity contribution in [2.24, 2.45) is 0 Å². The Balaban J connectivity index is 1.59. The number of carbonyl (C=O) groups excluding carboxylic acids is 1. The lowest BCUT2D eigenvalue weighted by Gasteiger charge is -2.26. The fourth-order valence-corrected chi connectivity index (χ4v) is 4.88. The number of hydrogen-bond donors (Lipinski definition) is 2. The van der Waals surface area contributed by atoms with Crippen molar-refractivity contribution in [2.45, 2.75) is 35.1 Å². The Bertz CT molecular complexity index is 930. The molecule has 1 aliphatic rings. The van der Waals surface area contributed by atoms with Crippen molar-refractivity contribution in [2.75, 3.05) is 12.8 Å². The lowest BCUT2D eigenvalue weighted by molar-refractivity contribution is -0.121. The van der Waals surface area contributed by atoms with Crippen LogP contribution < -0.4 is 10.0 Å². The lowest BCUT2D eigenvalue weighted by Crippen LogP contribution is -2.31. The van der Waals surface area contributed by atoms with Crippen molar-refractivity contribution >= 4 is 27.7 Å². The molecule has 27 heavy (non-hydrogen) atoms.